The van der Waals surface area contributed by atoms with Crippen LogP contribution in [0.1, 0.15) is 26.0 Å². The van der Waals surface area contributed by atoms with E-state index in [0.717, 1.165) is 16.2 Å². The van der Waals surface area contributed by atoms with Crippen molar-refractivity contribution in [2.45, 2.75) is 26.8 Å². The van der Waals surface area contributed by atoms with Crippen LogP contribution in [0, 0.1) is 11.8 Å². The Morgan fingerprint density at radius 2 is 1.76 bits per heavy atom. The van der Waals surface area contributed by atoms with Crippen LogP contribution in [0.25, 0.3) is 0 Å². The van der Waals surface area contributed by atoms with Crippen molar-refractivity contribution in [3.8, 4) is 0 Å². The molecule has 3 heterocycles. The molecule has 25 heavy (non-hydrogen) atoms. The minimum atomic E-state index is -0.969. The standard InChI is InChI=1S/C17H21N3O5/c1-11-6-12(2)8-18(7-11)14(21)10-20-16(23)15(22)19(17(20)24)9-13-4-3-5-25-13/h3-5,11-12H,6-10H2,1-2H3/t11-,12+. The molecule has 2 atom stereocenters. The van der Waals surface area contributed by atoms with Crippen molar-refractivity contribution < 1.29 is 23.6 Å². The number of carbonyl (C=O) groups excluding carboxylic acids is 4. The number of furan rings is 1. The monoisotopic (exact) mass is 347 g/mol. The molecule has 0 saturated carbocycles. The molecule has 2 aliphatic heterocycles. The molecule has 8 nitrogen and oxygen atoms in total. The summed E-state index contributed by atoms with van der Waals surface area (Å²) < 4.78 is 5.11. The van der Waals surface area contributed by atoms with E-state index in [1.165, 1.54) is 6.26 Å². The number of rotatable bonds is 4. The van der Waals surface area contributed by atoms with Crippen LogP contribution in [0.4, 0.5) is 4.79 Å². The van der Waals surface area contributed by atoms with Gasteiger partial charge in [0.05, 0.1) is 12.8 Å². The molecule has 1 aromatic heterocycles. The first-order valence-corrected chi connectivity index (χ1v) is 8.34. The number of hydrogen-bond acceptors (Lipinski definition) is 5. The molecule has 5 amide bonds. The number of urea groups is 1. The fraction of sp³-hybridized carbons (Fsp3) is 0.529. The summed E-state index contributed by atoms with van der Waals surface area (Å²) in [5.74, 6) is -1.09. The summed E-state index contributed by atoms with van der Waals surface area (Å²) in [6.45, 7) is 4.80. The molecule has 3 rings (SSSR count). The molecule has 0 aromatic carbocycles. The zero-order valence-electron chi connectivity index (χ0n) is 14.3. The highest BCUT2D eigenvalue weighted by atomic mass is 16.3. The third-order valence-electron chi connectivity index (χ3n) is 4.54. The van der Waals surface area contributed by atoms with Crippen molar-refractivity contribution in [2.24, 2.45) is 11.8 Å². The fourth-order valence-electron chi connectivity index (χ4n) is 3.49. The second-order valence-corrected chi connectivity index (χ2v) is 6.89. The number of likely N-dealkylation sites (tertiary alicyclic amines) is 1. The molecule has 8 heteroatoms. The van der Waals surface area contributed by atoms with Gasteiger partial charge in [0.15, 0.2) is 0 Å². The van der Waals surface area contributed by atoms with Gasteiger partial charge in [-0.2, -0.15) is 0 Å². The predicted molar refractivity (Wildman–Crippen MR) is 85.9 cm³/mol. The summed E-state index contributed by atoms with van der Waals surface area (Å²) in [6, 6.07) is 2.45. The minimum absolute atomic E-state index is 0.126. The second-order valence-electron chi connectivity index (χ2n) is 6.89. The molecule has 0 bridgehead atoms. The van der Waals surface area contributed by atoms with Crippen LogP contribution in [0.15, 0.2) is 22.8 Å². The van der Waals surface area contributed by atoms with Gasteiger partial charge in [-0.15, -0.1) is 0 Å². The largest absolute Gasteiger partial charge is 0.467 e. The molecule has 134 valence electrons. The first-order valence-electron chi connectivity index (χ1n) is 8.34. The van der Waals surface area contributed by atoms with E-state index in [1.54, 1.807) is 17.0 Å². The zero-order valence-corrected chi connectivity index (χ0v) is 14.3. The Kier molecular flexibility index (Phi) is 4.61. The Hall–Kier alpha value is -2.64. The SMILES string of the molecule is C[C@@H]1C[C@H](C)CN(C(=O)CN2C(=O)C(=O)N(Cc3ccco3)C2=O)C1. The third kappa shape index (κ3) is 3.42. The highest BCUT2D eigenvalue weighted by molar-refractivity contribution is 6.44. The Balaban J connectivity index is 1.67. The topological polar surface area (TPSA) is 91.1 Å². The van der Waals surface area contributed by atoms with E-state index in [-0.39, 0.29) is 12.5 Å². The van der Waals surface area contributed by atoms with Crippen LogP contribution >= 0.6 is 0 Å². The van der Waals surface area contributed by atoms with Crippen molar-refractivity contribution in [1.29, 1.82) is 0 Å². The molecule has 0 spiro atoms. The van der Waals surface area contributed by atoms with Crippen molar-refractivity contribution in [3.63, 3.8) is 0 Å². The first kappa shape index (κ1) is 17.2. The lowest BCUT2D eigenvalue weighted by atomic mass is 9.92. The van der Waals surface area contributed by atoms with Crippen LogP contribution in [-0.4, -0.2) is 58.1 Å². The predicted octanol–water partition coefficient (Wildman–Crippen LogP) is 1.07. The molecule has 1 aromatic rings. The average molecular weight is 347 g/mol. The van der Waals surface area contributed by atoms with Gasteiger partial charge in [0.25, 0.3) is 0 Å². The molecule has 2 saturated heterocycles. The van der Waals surface area contributed by atoms with Gasteiger partial charge in [-0.3, -0.25) is 14.4 Å². The van der Waals surface area contributed by atoms with E-state index in [9.17, 15) is 19.2 Å². The molecule has 2 aliphatic rings. The van der Waals surface area contributed by atoms with Gasteiger partial charge < -0.3 is 9.32 Å². The lowest BCUT2D eigenvalue weighted by Gasteiger charge is -2.35. The van der Waals surface area contributed by atoms with Crippen molar-refractivity contribution in [1.82, 2.24) is 14.7 Å². The maximum atomic E-state index is 12.5. The average Bonchev–Trinajstić information content (AvgIpc) is 3.13. The quantitative estimate of drug-likeness (QED) is 0.600. The molecular formula is C17H21N3O5. The molecular weight excluding hydrogens is 326 g/mol. The van der Waals surface area contributed by atoms with E-state index in [0.29, 0.717) is 30.7 Å². The highest BCUT2D eigenvalue weighted by Gasteiger charge is 2.46. The number of amides is 5. The molecule has 0 aliphatic carbocycles. The Morgan fingerprint density at radius 3 is 2.36 bits per heavy atom. The molecule has 0 radical (unpaired) electrons. The van der Waals surface area contributed by atoms with Crippen LogP contribution < -0.4 is 0 Å². The summed E-state index contributed by atoms with van der Waals surface area (Å²) in [5, 5.41) is 0. The van der Waals surface area contributed by atoms with Gasteiger partial charge in [0.2, 0.25) is 5.91 Å². The van der Waals surface area contributed by atoms with Gasteiger partial charge in [-0.1, -0.05) is 13.8 Å². The molecule has 0 unspecified atom stereocenters. The normalized spacial score (nSPS) is 24.4. The van der Waals surface area contributed by atoms with Gasteiger partial charge in [0.1, 0.15) is 12.3 Å². The van der Waals surface area contributed by atoms with Gasteiger partial charge in [-0.25, -0.2) is 14.6 Å². The number of hydrogen-bond donors (Lipinski definition) is 0. The van der Waals surface area contributed by atoms with Gasteiger partial charge >= 0.3 is 17.8 Å². The van der Waals surface area contributed by atoms with Crippen LogP contribution in [0.2, 0.25) is 0 Å². The summed E-state index contributed by atoms with van der Waals surface area (Å²) in [6.07, 6.45) is 2.46. The van der Waals surface area contributed by atoms with E-state index in [2.05, 4.69) is 13.8 Å². The second kappa shape index (κ2) is 6.70. The fourth-order valence-corrected chi connectivity index (χ4v) is 3.49. The van der Waals surface area contributed by atoms with E-state index in [1.807, 2.05) is 0 Å². The maximum absolute atomic E-state index is 12.5. The van der Waals surface area contributed by atoms with Crippen LogP contribution in [-0.2, 0) is 20.9 Å². The summed E-state index contributed by atoms with van der Waals surface area (Å²) in [5.41, 5.74) is 0. The zero-order chi connectivity index (χ0) is 18.1. The lowest BCUT2D eigenvalue weighted by molar-refractivity contribution is -0.145. The Labute approximate surface area is 145 Å². The molecule has 0 N–H and O–H groups in total. The maximum Gasteiger partial charge on any atom is 0.335 e. The highest BCUT2D eigenvalue weighted by Crippen LogP contribution is 2.22. The van der Waals surface area contributed by atoms with E-state index < -0.39 is 24.4 Å². The van der Waals surface area contributed by atoms with Gasteiger partial charge in [-0.05, 0) is 30.4 Å². The van der Waals surface area contributed by atoms with Crippen molar-refractivity contribution in [2.75, 3.05) is 19.6 Å². The molecule has 2 fully saturated rings. The van der Waals surface area contributed by atoms with Crippen molar-refractivity contribution >= 4 is 23.8 Å². The number of carbonyl (C=O) groups is 4. The number of piperidine rings is 1. The van der Waals surface area contributed by atoms with Crippen molar-refractivity contribution in [3.05, 3.63) is 24.2 Å². The summed E-state index contributed by atoms with van der Waals surface area (Å²) >= 11 is 0. The van der Waals surface area contributed by atoms with Crippen LogP contribution in [0.3, 0.4) is 0 Å². The van der Waals surface area contributed by atoms with E-state index >= 15 is 0 Å². The van der Waals surface area contributed by atoms with E-state index in [4.69, 9.17) is 4.42 Å². The Morgan fingerprint density at radius 1 is 1.12 bits per heavy atom. The minimum Gasteiger partial charge on any atom is -0.467 e. The summed E-state index contributed by atoms with van der Waals surface area (Å²) in [7, 11) is 0. The third-order valence-corrected chi connectivity index (χ3v) is 4.54. The van der Waals surface area contributed by atoms with Gasteiger partial charge in [0, 0.05) is 13.1 Å². The van der Waals surface area contributed by atoms with Crippen LogP contribution in [0.5, 0.6) is 0 Å². The number of imide groups is 2. The lowest BCUT2D eigenvalue weighted by Crippen LogP contribution is -2.48. The smallest absolute Gasteiger partial charge is 0.335 e. The summed E-state index contributed by atoms with van der Waals surface area (Å²) in [4.78, 5) is 52.3. The number of nitrogens with zero attached hydrogens (tertiary/aromatic N) is 3. The first-order chi connectivity index (χ1) is 11.9. The Bertz CT molecular complexity index is 689.